The summed E-state index contributed by atoms with van der Waals surface area (Å²) in [6.07, 6.45) is 10.6. The summed E-state index contributed by atoms with van der Waals surface area (Å²) in [6, 6.07) is 6.98. The Balaban J connectivity index is 1.42. The van der Waals surface area contributed by atoms with Crippen LogP contribution in [0.5, 0.6) is 0 Å². The number of rotatable bonds is 9. The minimum absolute atomic E-state index is 0.0162. The molecule has 30 heavy (non-hydrogen) atoms. The van der Waals surface area contributed by atoms with Gasteiger partial charge in [-0.3, -0.25) is 9.48 Å². The van der Waals surface area contributed by atoms with E-state index in [0.717, 1.165) is 44.1 Å². The van der Waals surface area contributed by atoms with E-state index in [2.05, 4.69) is 10.4 Å². The molecule has 1 N–H and O–H groups in total. The molecule has 2 aromatic rings. The molecule has 2 heterocycles. The lowest BCUT2D eigenvalue weighted by Gasteiger charge is -2.20. The van der Waals surface area contributed by atoms with Crippen LogP contribution in [0.2, 0.25) is 0 Å². The lowest BCUT2D eigenvalue weighted by atomic mass is 10.1. The van der Waals surface area contributed by atoms with Crippen LogP contribution in [-0.4, -0.2) is 48.0 Å². The Labute approximate surface area is 179 Å². The number of aryl methyl sites for hydroxylation is 3. The Bertz CT molecular complexity index is 914. The first-order valence-corrected chi connectivity index (χ1v) is 12.2. The first-order chi connectivity index (χ1) is 14.4. The van der Waals surface area contributed by atoms with Gasteiger partial charge in [0, 0.05) is 39.3 Å². The molecule has 1 aliphatic heterocycles. The summed E-state index contributed by atoms with van der Waals surface area (Å²) >= 11 is 0. The lowest BCUT2D eigenvalue weighted by molar-refractivity contribution is -0.121. The van der Waals surface area contributed by atoms with Crippen molar-refractivity contribution in [3.05, 3.63) is 47.8 Å². The smallest absolute Gasteiger partial charge is 0.243 e. The Morgan fingerprint density at radius 3 is 2.37 bits per heavy atom. The van der Waals surface area contributed by atoms with Crippen LogP contribution in [-0.2, 0) is 34.7 Å². The molecular formula is C22H32N4O3S. The first-order valence-electron chi connectivity index (χ1n) is 10.8. The minimum Gasteiger partial charge on any atom is -0.356 e. The maximum Gasteiger partial charge on any atom is 0.243 e. The molecule has 0 unspecified atom stereocenters. The molecule has 1 fully saturated rings. The highest BCUT2D eigenvalue weighted by Gasteiger charge is 2.24. The standard InChI is InChI=1S/C22H32N4O3S/c1-25-18-20(17-24-25)7-6-14-23-22(27)13-10-19-8-11-21(12-9-19)30(28,29)26-15-4-2-3-5-16-26/h8-9,11-12,17-18H,2-7,10,13-16H2,1H3,(H,23,27). The van der Waals surface area contributed by atoms with Gasteiger partial charge in [-0.25, -0.2) is 8.42 Å². The minimum atomic E-state index is -3.42. The van der Waals surface area contributed by atoms with Crippen molar-refractivity contribution in [3.8, 4) is 0 Å². The van der Waals surface area contributed by atoms with E-state index in [1.54, 1.807) is 21.1 Å². The third-order valence-electron chi connectivity index (χ3n) is 5.49. The molecule has 0 spiro atoms. The number of carbonyl (C=O) groups excluding carboxylic acids is 1. The highest BCUT2D eigenvalue weighted by Crippen LogP contribution is 2.21. The second kappa shape index (κ2) is 10.7. The van der Waals surface area contributed by atoms with Crippen molar-refractivity contribution >= 4 is 15.9 Å². The maximum atomic E-state index is 12.8. The Morgan fingerprint density at radius 1 is 1.03 bits per heavy atom. The number of aromatic nitrogens is 2. The third kappa shape index (κ3) is 6.40. The molecule has 1 aliphatic rings. The van der Waals surface area contributed by atoms with Gasteiger partial charge >= 0.3 is 0 Å². The van der Waals surface area contributed by atoms with Crippen molar-refractivity contribution in [1.29, 1.82) is 0 Å². The van der Waals surface area contributed by atoms with E-state index in [0.29, 0.717) is 37.4 Å². The highest BCUT2D eigenvalue weighted by molar-refractivity contribution is 7.89. The fourth-order valence-electron chi connectivity index (χ4n) is 3.73. The van der Waals surface area contributed by atoms with Crippen molar-refractivity contribution in [2.75, 3.05) is 19.6 Å². The topological polar surface area (TPSA) is 84.3 Å². The van der Waals surface area contributed by atoms with Gasteiger partial charge < -0.3 is 5.32 Å². The monoisotopic (exact) mass is 432 g/mol. The van der Waals surface area contributed by atoms with Crippen LogP contribution in [0.4, 0.5) is 0 Å². The molecule has 0 atom stereocenters. The molecule has 3 rings (SSSR count). The number of carbonyl (C=O) groups is 1. The molecular weight excluding hydrogens is 400 g/mol. The summed E-state index contributed by atoms with van der Waals surface area (Å²) < 4.78 is 29.0. The van der Waals surface area contributed by atoms with E-state index >= 15 is 0 Å². The molecule has 1 aromatic heterocycles. The van der Waals surface area contributed by atoms with Crippen LogP contribution in [0.3, 0.4) is 0 Å². The Kier molecular flexibility index (Phi) is 8.04. The number of nitrogens with one attached hydrogen (secondary N) is 1. The predicted molar refractivity (Wildman–Crippen MR) is 117 cm³/mol. The normalized spacial score (nSPS) is 15.6. The number of hydrogen-bond acceptors (Lipinski definition) is 4. The maximum absolute atomic E-state index is 12.8. The van der Waals surface area contributed by atoms with Crippen LogP contribution in [0, 0.1) is 0 Å². The summed E-state index contributed by atoms with van der Waals surface area (Å²) in [7, 11) is -1.53. The first kappa shape index (κ1) is 22.5. The number of benzene rings is 1. The largest absolute Gasteiger partial charge is 0.356 e. The van der Waals surface area contributed by atoms with Crippen LogP contribution in [0.1, 0.15) is 49.7 Å². The van der Waals surface area contributed by atoms with Crippen molar-refractivity contribution in [1.82, 2.24) is 19.4 Å². The molecule has 8 heteroatoms. The van der Waals surface area contributed by atoms with Gasteiger partial charge in [-0.1, -0.05) is 25.0 Å². The zero-order chi connectivity index (χ0) is 21.4. The van der Waals surface area contributed by atoms with E-state index in [1.807, 2.05) is 31.6 Å². The summed E-state index contributed by atoms with van der Waals surface area (Å²) in [5.74, 6) is 0.0162. The quantitative estimate of drug-likeness (QED) is 0.618. The van der Waals surface area contributed by atoms with E-state index in [1.165, 1.54) is 5.56 Å². The average molecular weight is 433 g/mol. The van der Waals surface area contributed by atoms with Crippen molar-refractivity contribution in [3.63, 3.8) is 0 Å². The van der Waals surface area contributed by atoms with Gasteiger partial charge in [0.25, 0.3) is 0 Å². The number of amides is 1. The van der Waals surface area contributed by atoms with Crippen LogP contribution in [0.15, 0.2) is 41.6 Å². The van der Waals surface area contributed by atoms with Crippen molar-refractivity contribution in [2.24, 2.45) is 7.05 Å². The van der Waals surface area contributed by atoms with Gasteiger partial charge in [0.15, 0.2) is 0 Å². The van der Waals surface area contributed by atoms with E-state index in [4.69, 9.17) is 0 Å². The molecule has 0 aliphatic carbocycles. The van der Waals surface area contributed by atoms with E-state index in [9.17, 15) is 13.2 Å². The molecule has 164 valence electrons. The fourth-order valence-corrected chi connectivity index (χ4v) is 5.24. The second-order valence-electron chi connectivity index (χ2n) is 7.94. The van der Waals surface area contributed by atoms with E-state index < -0.39 is 10.0 Å². The summed E-state index contributed by atoms with van der Waals surface area (Å²) in [5.41, 5.74) is 2.14. The molecule has 7 nitrogen and oxygen atoms in total. The van der Waals surface area contributed by atoms with Crippen LogP contribution in [0.25, 0.3) is 0 Å². The second-order valence-corrected chi connectivity index (χ2v) is 9.88. The number of sulfonamides is 1. The molecule has 0 saturated carbocycles. The molecule has 1 saturated heterocycles. The van der Waals surface area contributed by atoms with E-state index in [-0.39, 0.29) is 5.91 Å². The number of hydrogen-bond donors (Lipinski definition) is 1. The van der Waals surface area contributed by atoms with Gasteiger partial charge in [-0.2, -0.15) is 9.40 Å². The molecule has 1 amide bonds. The third-order valence-corrected chi connectivity index (χ3v) is 7.40. The SMILES string of the molecule is Cn1cc(CCCNC(=O)CCc2ccc(S(=O)(=O)N3CCCCCC3)cc2)cn1. The summed E-state index contributed by atoms with van der Waals surface area (Å²) in [4.78, 5) is 12.4. The molecule has 0 bridgehead atoms. The molecule has 0 radical (unpaired) electrons. The fraction of sp³-hybridized carbons (Fsp3) is 0.545. The van der Waals surface area contributed by atoms with Gasteiger partial charge in [0.05, 0.1) is 11.1 Å². The van der Waals surface area contributed by atoms with Gasteiger partial charge in [-0.05, 0) is 55.4 Å². The highest BCUT2D eigenvalue weighted by atomic mass is 32.2. The number of nitrogens with zero attached hydrogens (tertiary/aromatic N) is 3. The Hall–Kier alpha value is -2.19. The zero-order valence-corrected chi connectivity index (χ0v) is 18.5. The predicted octanol–water partition coefficient (Wildman–Crippen LogP) is 2.67. The average Bonchev–Trinajstić information content (AvgIpc) is 2.97. The zero-order valence-electron chi connectivity index (χ0n) is 17.7. The van der Waals surface area contributed by atoms with Crippen molar-refractivity contribution < 1.29 is 13.2 Å². The van der Waals surface area contributed by atoms with Crippen LogP contribution >= 0.6 is 0 Å². The van der Waals surface area contributed by atoms with Crippen molar-refractivity contribution in [2.45, 2.75) is 56.3 Å². The van der Waals surface area contributed by atoms with Crippen LogP contribution < -0.4 is 5.32 Å². The molecule has 1 aromatic carbocycles. The van der Waals surface area contributed by atoms with Gasteiger partial charge in [0.2, 0.25) is 15.9 Å². The lowest BCUT2D eigenvalue weighted by Crippen LogP contribution is -2.31. The summed E-state index contributed by atoms with van der Waals surface area (Å²) in [6.45, 7) is 1.84. The van der Waals surface area contributed by atoms with Gasteiger partial charge in [-0.15, -0.1) is 0 Å². The Morgan fingerprint density at radius 2 is 1.73 bits per heavy atom. The summed E-state index contributed by atoms with van der Waals surface area (Å²) in [5, 5.41) is 7.08. The van der Waals surface area contributed by atoms with Gasteiger partial charge in [0.1, 0.15) is 0 Å².